The predicted octanol–water partition coefficient (Wildman–Crippen LogP) is 1.15. The van der Waals surface area contributed by atoms with Crippen molar-refractivity contribution in [2.75, 3.05) is 13.2 Å². The standard InChI is InChI=1S/C14H18N2O4/c1-3-6-16-11(17)8-20-13(14(18)19)12(16)10-7-15-5-4-9(10)2/h4-5,7,12-13H,3,6,8H2,1-2H3,(H,18,19). The molecule has 1 fully saturated rings. The normalized spacial score (nSPS) is 22.9. The van der Waals surface area contributed by atoms with Gasteiger partial charge in [0, 0.05) is 18.9 Å². The summed E-state index contributed by atoms with van der Waals surface area (Å²) >= 11 is 0. The summed E-state index contributed by atoms with van der Waals surface area (Å²) in [5.41, 5.74) is 1.62. The minimum Gasteiger partial charge on any atom is -0.479 e. The fourth-order valence-corrected chi connectivity index (χ4v) is 2.48. The van der Waals surface area contributed by atoms with E-state index in [1.54, 1.807) is 23.4 Å². The number of rotatable bonds is 4. The number of carboxylic acids is 1. The Morgan fingerprint density at radius 2 is 2.35 bits per heavy atom. The summed E-state index contributed by atoms with van der Waals surface area (Å²) in [6.45, 7) is 4.14. The maximum atomic E-state index is 12.0. The molecule has 20 heavy (non-hydrogen) atoms. The van der Waals surface area contributed by atoms with Crippen molar-refractivity contribution >= 4 is 11.9 Å². The molecular formula is C14H18N2O4. The molecule has 0 bridgehead atoms. The molecule has 0 aromatic carbocycles. The second kappa shape index (κ2) is 6.00. The molecule has 0 aliphatic carbocycles. The van der Waals surface area contributed by atoms with E-state index in [2.05, 4.69) is 4.98 Å². The molecule has 1 aliphatic rings. The quantitative estimate of drug-likeness (QED) is 0.893. The fraction of sp³-hybridized carbons (Fsp3) is 0.500. The number of hydrogen-bond donors (Lipinski definition) is 1. The average molecular weight is 278 g/mol. The molecule has 0 saturated carbocycles. The first kappa shape index (κ1) is 14.5. The lowest BCUT2D eigenvalue weighted by Gasteiger charge is -2.39. The van der Waals surface area contributed by atoms with Gasteiger partial charge in [0.05, 0.1) is 6.04 Å². The Bertz CT molecular complexity index is 518. The first-order valence-corrected chi connectivity index (χ1v) is 6.60. The van der Waals surface area contributed by atoms with Crippen molar-refractivity contribution in [3.05, 3.63) is 29.6 Å². The molecule has 2 unspecified atom stereocenters. The highest BCUT2D eigenvalue weighted by Crippen LogP contribution is 2.32. The van der Waals surface area contributed by atoms with E-state index in [4.69, 9.17) is 4.74 Å². The van der Waals surface area contributed by atoms with Gasteiger partial charge in [-0.05, 0) is 30.5 Å². The van der Waals surface area contributed by atoms with Crippen LogP contribution in [0.2, 0.25) is 0 Å². The topological polar surface area (TPSA) is 79.7 Å². The number of carboxylic acid groups (broad SMARTS) is 1. The molecule has 6 heteroatoms. The van der Waals surface area contributed by atoms with E-state index < -0.39 is 18.1 Å². The van der Waals surface area contributed by atoms with Gasteiger partial charge in [-0.2, -0.15) is 0 Å². The first-order valence-electron chi connectivity index (χ1n) is 6.60. The molecule has 1 aliphatic heterocycles. The van der Waals surface area contributed by atoms with Crippen LogP contribution in [0.15, 0.2) is 18.5 Å². The zero-order chi connectivity index (χ0) is 14.7. The van der Waals surface area contributed by atoms with Gasteiger partial charge < -0.3 is 14.7 Å². The summed E-state index contributed by atoms with van der Waals surface area (Å²) in [6, 6.07) is 1.18. The first-order chi connectivity index (χ1) is 9.56. The second-order valence-corrected chi connectivity index (χ2v) is 4.83. The maximum Gasteiger partial charge on any atom is 0.335 e. The third-order valence-corrected chi connectivity index (χ3v) is 3.44. The Balaban J connectivity index is 2.46. The van der Waals surface area contributed by atoms with Gasteiger partial charge in [-0.25, -0.2) is 4.79 Å². The Kier molecular flexibility index (Phi) is 4.34. The SMILES string of the molecule is CCCN1C(=O)COC(C(=O)O)C1c1cnccc1C. The molecular weight excluding hydrogens is 260 g/mol. The van der Waals surface area contributed by atoms with Gasteiger partial charge >= 0.3 is 5.97 Å². The van der Waals surface area contributed by atoms with Crippen LogP contribution in [0.1, 0.15) is 30.5 Å². The Morgan fingerprint density at radius 1 is 1.60 bits per heavy atom. The number of nitrogens with zero attached hydrogens (tertiary/aromatic N) is 2. The lowest BCUT2D eigenvalue weighted by molar-refractivity contribution is -0.173. The summed E-state index contributed by atoms with van der Waals surface area (Å²) in [7, 11) is 0. The third kappa shape index (κ3) is 2.65. The Morgan fingerprint density at radius 3 is 2.95 bits per heavy atom. The fourth-order valence-electron chi connectivity index (χ4n) is 2.48. The lowest BCUT2D eigenvalue weighted by Crippen LogP contribution is -2.52. The van der Waals surface area contributed by atoms with Crippen molar-refractivity contribution in [2.24, 2.45) is 0 Å². The third-order valence-electron chi connectivity index (χ3n) is 3.44. The molecule has 0 radical (unpaired) electrons. The number of carbonyl (C=O) groups is 2. The largest absolute Gasteiger partial charge is 0.479 e. The molecule has 6 nitrogen and oxygen atoms in total. The van der Waals surface area contributed by atoms with Crippen LogP contribution in [0.4, 0.5) is 0 Å². The molecule has 2 rings (SSSR count). The molecule has 2 atom stereocenters. The van der Waals surface area contributed by atoms with E-state index in [1.807, 2.05) is 13.8 Å². The van der Waals surface area contributed by atoms with Crippen LogP contribution in [0.5, 0.6) is 0 Å². The highest BCUT2D eigenvalue weighted by molar-refractivity contribution is 5.83. The second-order valence-electron chi connectivity index (χ2n) is 4.83. The number of ether oxygens (including phenoxy) is 1. The van der Waals surface area contributed by atoms with Crippen LogP contribution in [0.3, 0.4) is 0 Å². The van der Waals surface area contributed by atoms with Crippen LogP contribution >= 0.6 is 0 Å². The van der Waals surface area contributed by atoms with E-state index in [1.165, 1.54) is 0 Å². The zero-order valence-corrected chi connectivity index (χ0v) is 11.6. The molecule has 1 N–H and O–H groups in total. The van der Waals surface area contributed by atoms with Crippen molar-refractivity contribution in [3.63, 3.8) is 0 Å². The Hall–Kier alpha value is -1.95. The monoisotopic (exact) mass is 278 g/mol. The van der Waals surface area contributed by atoms with Crippen LogP contribution in [0.25, 0.3) is 0 Å². The van der Waals surface area contributed by atoms with Gasteiger partial charge in [0.2, 0.25) is 5.91 Å². The number of amides is 1. The van der Waals surface area contributed by atoms with E-state index in [9.17, 15) is 14.7 Å². The summed E-state index contributed by atoms with van der Waals surface area (Å²) in [4.78, 5) is 29.1. The van der Waals surface area contributed by atoms with E-state index in [-0.39, 0.29) is 12.5 Å². The van der Waals surface area contributed by atoms with Crippen LogP contribution < -0.4 is 0 Å². The lowest BCUT2D eigenvalue weighted by atomic mass is 9.95. The van der Waals surface area contributed by atoms with E-state index >= 15 is 0 Å². The number of morpholine rings is 1. The number of aromatic nitrogens is 1. The summed E-state index contributed by atoms with van der Waals surface area (Å²) < 4.78 is 5.23. The van der Waals surface area contributed by atoms with E-state index in [0.29, 0.717) is 6.54 Å². The molecule has 2 heterocycles. The minimum absolute atomic E-state index is 0.183. The average Bonchev–Trinajstić information content (AvgIpc) is 2.41. The van der Waals surface area contributed by atoms with Crippen LogP contribution in [-0.2, 0) is 14.3 Å². The number of aryl methyl sites for hydroxylation is 1. The molecule has 1 aromatic heterocycles. The number of aliphatic carboxylic acids is 1. The van der Waals surface area contributed by atoms with Gasteiger partial charge in [0.1, 0.15) is 6.61 Å². The van der Waals surface area contributed by atoms with Crippen molar-refractivity contribution in [1.29, 1.82) is 0 Å². The minimum atomic E-state index is -1.06. The number of pyridine rings is 1. The molecule has 1 saturated heterocycles. The van der Waals surface area contributed by atoms with Crippen molar-refractivity contribution in [1.82, 2.24) is 9.88 Å². The Labute approximate surface area is 117 Å². The molecule has 1 amide bonds. The van der Waals surface area contributed by atoms with E-state index in [0.717, 1.165) is 17.5 Å². The zero-order valence-electron chi connectivity index (χ0n) is 11.6. The van der Waals surface area contributed by atoms with Gasteiger partial charge in [0.25, 0.3) is 0 Å². The van der Waals surface area contributed by atoms with Crippen molar-refractivity contribution in [2.45, 2.75) is 32.4 Å². The summed E-state index contributed by atoms with van der Waals surface area (Å²) in [5, 5.41) is 9.35. The maximum absolute atomic E-state index is 12.0. The summed E-state index contributed by atoms with van der Waals surface area (Å²) in [6.07, 6.45) is 2.96. The molecule has 108 valence electrons. The van der Waals surface area contributed by atoms with Gasteiger partial charge in [-0.15, -0.1) is 0 Å². The summed E-state index contributed by atoms with van der Waals surface area (Å²) in [5.74, 6) is -1.25. The van der Waals surface area contributed by atoms with Gasteiger partial charge in [-0.3, -0.25) is 9.78 Å². The highest BCUT2D eigenvalue weighted by Gasteiger charge is 2.42. The highest BCUT2D eigenvalue weighted by atomic mass is 16.5. The van der Waals surface area contributed by atoms with Crippen molar-refractivity contribution in [3.8, 4) is 0 Å². The number of carbonyl (C=O) groups excluding carboxylic acids is 1. The smallest absolute Gasteiger partial charge is 0.335 e. The van der Waals surface area contributed by atoms with Crippen LogP contribution in [-0.4, -0.2) is 46.1 Å². The molecule has 1 aromatic rings. The van der Waals surface area contributed by atoms with Gasteiger partial charge in [-0.1, -0.05) is 6.92 Å². The molecule has 0 spiro atoms. The van der Waals surface area contributed by atoms with Gasteiger partial charge in [0.15, 0.2) is 6.10 Å². The van der Waals surface area contributed by atoms with Crippen molar-refractivity contribution < 1.29 is 19.4 Å². The van der Waals surface area contributed by atoms with Crippen LogP contribution in [0, 0.1) is 6.92 Å². The number of hydrogen-bond acceptors (Lipinski definition) is 4. The predicted molar refractivity (Wildman–Crippen MR) is 71.1 cm³/mol.